The third-order valence-electron chi connectivity index (χ3n) is 1.76. The van der Waals surface area contributed by atoms with E-state index < -0.39 is 0 Å². The van der Waals surface area contributed by atoms with Crippen LogP contribution in [0.5, 0.6) is 0 Å². The summed E-state index contributed by atoms with van der Waals surface area (Å²) in [6.07, 6.45) is 5.17. The molecule has 3 N–H and O–H groups in total. The number of aliphatic hydroxyl groups excluding tert-OH is 1. The first-order chi connectivity index (χ1) is 7.69. The van der Waals surface area contributed by atoms with E-state index in [0.717, 1.165) is 0 Å². The van der Waals surface area contributed by atoms with Gasteiger partial charge in [-0.05, 0) is 13.0 Å². The zero-order chi connectivity index (χ0) is 12.4. The molecule has 5 heteroatoms. The van der Waals surface area contributed by atoms with E-state index in [0.29, 0.717) is 23.3 Å². The summed E-state index contributed by atoms with van der Waals surface area (Å²) >= 11 is 0. The van der Waals surface area contributed by atoms with Crippen molar-refractivity contribution in [3.05, 3.63) is 35.7 Å². The van der Waals surface area contributed by atoms with Crippen molar-refractivity contribution in [2.75, 3.05) is 13.7 Å². The predicted octanol–water partition coefficient (Wildman–Crippen LogP) is 0.316. The molecule has 0 heterocycles. The third kappa shape index (κ3) is 5.11. The highest BCUT2D eigenvalue weighted by molar-refractivity contribution is 5.89. The second-order valence-corrected chi connectivity index (χ2v) is 2.82. The van der Waals surface area contributed by atoms with Crippen molar-refractivity contribution in [2.45, 2.75) is 6.92 Å². The first-order valence-electron chi connectivity index (χ1n) is 4.77. The summed E-state index contributed by atoms with van der Waals surface area (Å²) < 4.78 is 0. The summed E-state index contributed by atoms with van der Waals surface area (Å²) in [7, 11) is 1.65. The van der Waals surface area contributed by atoms with Crippen molar-refractivity contribution in [2.24, 2.45) is 5.10 Å². The molecule has 0 aliphatic carbocycles. The zero-order valence-corrected chi connectivity index (χ0v) is 9.53. The van der Waals surface area contributed by atoms with E-state index in [-0.39, 0.29) is 6.61 Å². The van der Waals surface area contributed by atoms with Gasteiger partial charge in [0.2, 0.25) is 0 Å². The molecule has 5 nitrogen and oxygen atoms in total. The molecule has 88 valence electrons. The van der Waals surface area contributed by atoms with Crippen LogP contribution in [0.2, 0.25) is 0 Å². The van der Waals surface area contributed by atoms with Crippen LogP contribution in [0.1, 0.15) is 6.92 Å². The smallest absolute Gasteiger partial charge is 0.143 e. The van der Waals surface area contributed by atoms with E-state index in [4.69, 9.17) is 5.11 Å². The van der Waals surface area contributed by atoms with Gasteiger partial charge in [-0.15, -0.1) is 0 Å². The lowest BCUT2D eigenvalue weighted by atomic mass is 10.2. The van der Waals surface area contributed by atoms with Crippen LogP contribution in [0.15, 0.2) is 40.8 Å². The van der Waals surface area contributed by atoms with Crippen LogP contribution in [0.4, 0.5) is 0 Å². The van der Waals surface area contributed by atoms with Gasteiger partial charge < -0.3 is 15.8 Å². The molecule has 0 aliphatic rings. The Bertz CT molecular complexity index is 330. The Kier molecular flexibility index (Phi) is 7.44. The van der Waals surface area contributed by atoms with E-state index in [9.17, 15) is 4.79 Å². The van der Waals surface area contributed by atoms with E-state index in [1.807, 2.05) is 0 Å². The fourth-order valence-corrected chi connectivity index (χ4v) is 0.898. The molecule has 0 aromatic carbocycles. The van der Waals surface area contributed by atoms with Gasteiger partial charge in [0.1, 0.15) is 6.29 Å². The van der Waals surface area contributed by atoms with Gasteiger partial charge in [0, 0.05) is 24.0 Å². The van der Waals surface area contributed by atoms with Crippen molar-refractivity contribution < 1.29 is 9.90 Å². The molecule has 0 aliphatic heterocycles. The average molecular weight is 223 g/mol. The molecule has 0 aromatic rings. The molecule has 0 fully saturated rings. The van der Waals surface area contributed by atoms with E-state index in [1.54, 1.807) is 20.0 Å². The highest BCUT2D eigenvalue weighted by Crippen LogP contribution is 2.03. The SMILES string of the molecule is C=C(N/C(=C\C)CO)C(/C=N\NC)=C/C=O. The average Bonchev–Trinajstić information content (AvgIpc) is 2.31. The number of carbonyl (C=O) groups is 1. The fourth-order valence-electron chi connectivity index (χ4n) is 0.898. The standard InChI is InChI=1S/C11H17N3O2/c1-4-11(8-16)14-9(2)10(5-6-15)7-13-12-3/h4-7,12,14,16H,2,8H2,1,3H3/b10-5+,11-4-,13-7-. The van der Waals surface area contributed by atoms with E-state index >= 15 is 0 Å². The van der Waals surface area contributed by atoms with Crippen molar-refractivity contribution in [1.29, 1.82) is 0 Å². The van der Waals surface area contributed by atoms with Crippen molar-refractivity contribution in [3.63, 3.8) is 0 Å². The van der Waals surface area contributed by atoms with Gasteiger partial charge in [-0.25, -0.2) is 0 Å². The Hall–Kier alpha value is -1.88. The van der Waals surface area contributed by atoms with Gasteiger partial charge in [0.25, 0.3) is 0 Å². The summed E-state index contributed by atoms with van der Waals surface area (Å²) in [5, 5.41) is 15.6. The molecule has 0 saturated heterocycles. The monoisotopic (exact) mass is 223 g/mol. The minimum atomic E-state index is -0.118. The lowest BCUT2D eigenvalue weighted by Crippen LogP contribution is -2.17. The highest BCUT2D eigenvalue weighted by Gasteiger charge is 2.01. The maximum absolute atomic E-state index is 10.4. The van der Waals surface area contributed by atoms with Crippen LogP contribution >= 0.6 is 0 Å². The normalized spacial score (nSPS) is 12.7. The topological polar surface area (TPSA) is 73.7 Å². The first-order valence-corrected chi connectivity index (χ1v) is 4.77. The minimum absolute atomic E-state index is 0.118. The van der Waals surface area contributed by atoms with Crippen LogP contribution in [0.25, 0.3) is 0 Å². The van der Waals surface area contributed by atoms with Gasteiger partial charge in [0.05, 0.1) is 12.8 Å². The molecule has 0 saturated carbocycles. The van der Waals surface area contributed by atoms with Crippen LogP contribution in [-0.4, -0.2) is 31.3 Å². The number of nitrogens with one attached hydrogen (secondary N) is 2. The van der Waals surface area contributed by atoms with Crippen molar-refractivity contribution in [1.82, 2.24) is 10.7 Å². The lowest BCUT2D eigenvalue weighted by Gasteiger charge is -2.11. The number of hydrogen-bond donors (Lipinski definition) is 3. The molecule has 0 radical (unpaired) electrons. The number of hydrogen-bond acceptors (Lipinski definition) is 5. The second kappa shape index (κ2) is 8.43. The highest BCUT2D eigenvalue weighted by atomic mass is 16.3. The molecular formula is C11H17N3O2. The van der Waals surface area contributed by atoms with Crippen LogP contribution in [0, 0.1) is 0 Å². The van der Waals surface area contributed by atoms with Crippen LogP contribution < -0.4 is 10.7 Å². The number of aldehydes is 1. The molecule has 0 aromatic heterocycles. The molecule has 0 amide bonds. The second-order valence-electron chi connectivity index (χ2n) is 2.82. The molecule has 16 heavy (non-hydrogen) atoms. The molecule has 0 unspecified atom stereocenters. The Morgan fingerprint density at radius 1 is 1.56 bits per heavy atom. The van der Waals surface area contributed by atoms with Crippen LogP contribution in [-0.2, 0) is 4.79 Å². The third-order valence-corrected chi connectivity index (χ3v) is 1.76. The van der Waals surface area contributed by atoms with E-state index in [1.165, 1.54) is 12.3 Å². The van der Waals surface area contributed by atoms with Gasteiger partial charge in [-0.2, -0.15) is 5.10 Å². The summed E-state index contributed by atoms with van der Waals surface area (Å²) in [6.45, 7) is 5.42. The van der Waals surface area contributed by atoms with Crippen molar-refractivity contribution in [3.8, 4) is 0 Å². The Morgan fingerprint density at radius 2 is 2.25 bits per heavy atom. The number of hydrazone groups is 1. The summed E-state index contributed by atoms with van der Waals surface area (Å²) in [4.78, 5) is 10.4. The molecule has 0 rings (SSSR count). The quantitative estimate of drug-likeness (QED) is 0.191. The molecule has 0 atom stereocenters. The number of rotatable bonds is 7. The zero-order valence-electron chi connectivity index (χ0n) is 9.53. The van der Waals surface area contributed by atoms with Gasteiger partial charge >= 0.3 is 0 Å². The number of allylic oxidation sites excluding steroid dienone is 3. The van der Waals surface area contributed by atoms with Gasteiger partial charge in [0.15, 0.2) is 0 Å². The summed E-state index contributed by atoms with van der Waals surface area (Å²) in [6, 6.07) is 0. The minimum Gasteiger partial charge on any atom is -0.390 e. The fraction of sp³-hybridized carbons (Fsp3) is 0.273. The van der Waals surface area contributed by atoms with Crippen molar-refractivity contribution >= 4 is 12.5 Å². The molecule has 0 spiro atoms. The number of aliphatic hydroxyl groups is 1. The lowest BCUT2D eigenvalue weighted by molar-refractivity contribution is -0.104. The number of carbonyl (C=O) groups excluding carboxylic acids is 1. The Morgan fingerprint density at radius 3 is 2.69 bits per heavy atom. The maximum atomic E-state index is 10.4. The first kappa shape index (κ1) is 14.1. The van der Waals surface area contributed by atoms with Gasteiger partial charge in [-0.1, -0.05) is 12.7 Å². The number of nitrogens with zero attached hydrogens (tertiary/aromatic N) is 1. The van der Waals surface area contributed by atoms with E-state index in [2.05, 4.69) is 22.4 Å². The predicted molar refractivity (Wildman–Crippen MR) is 64.8 cm³/mol. The van der Waals surface area contributed by atoms with Gasteiger partial charge in [-0.3, -0.25) is 4.79 Å². The van der Waals surface area contributed by atoms with Crippen LogP contribution in [0.3, 0.4) is 0 Å². The summed E-state index contributed by atoms with van der Waals surface area (Å²) in [5.74, 6) is 0. The molecule has 0 bridgehead atoms. The summed E-state index contributed by atoms with van der Waals surface area (Å²) in [5.41, 5.74) is 4.22. The Balaban J connectivity index is 4.70. The maximum Gasteiger partial charge on any atom is 0.143 e. The largest absolute Gasteiger partial charge is 0.390 e. The Labute approximate surface area is 95.2 Å². The molecular weight excluding hydrogens is 206 g/mol.